The Hall–Kier alpha value is -1.99. The summed E-state index contributed by atoms with van der Waals surface area (Å²) in [6, 6.07) is 8.01. The van der Waals surface area contributed by atoms with Crippen LogP contribution in [0.4, 0.5) is 4.79 Å². The van der Waals surface area contributed by atoms with Crippen molar-refractivity contribution in [2.45, 2.75) is 44.6 Å². The van der Waals surface area contributed by atoms with Gasteiger partial charge in [-0.3, -0.25) is 4.99 Å². The Bertz CT molecular complexity index is 764. The van der Waals surface area contributed by atoms with E-state index in [1.807, 2.05) is 43.9 Å². The van der Waals surface area contributed by atoms with Gasteiger partial charge in [0, 0.05) is 49.8 Å². The van der Waals surface area contributed by atoms with Crippen molar-refractivity contribution in [3.63, 3.8) is 0 Å². The fraction of sp³-hybridized carbons (Fsp3) is 0.636. The number of aliphatic imine (C=N–C) groups is 1. The number of nitrogens with two attached hydrogens (primary N) is 1. The molecule has 2 aliphatic rings. The molecule has 1 aromatic carbocycles. The highest BCUT2D eigenvalue weighted by molar-refractivity contribution is 6.30. The molecule has 0 bridgehead atoms. The highest BCUT2D eigenvalue weighted by atomic mass is 35.5. The first-order chi connectivity index (χ1) is 14.2. The highest BCUT2D eigenvalue weighted by Gasteiger charge is 2.35. The van der Waals surface area contributed by atoms with E-state index >= 15 is 0 Å². The Morgan fingerprint density at radius 1 is 1.20 bits per heavy atom. The van der Waals surface area contributed by atoms with E-state index in [0.29, 0.717) is 51.9 Å². The topological polar surface area (TPSA) is 80.4 Å². The molecule has 30 heavy (non-hydrogen) atoms. The number of amides is 1. The Morgan fingerprint density at radius 3 is 2.43 bits per heavy atom. The van der Waals surface area contributed by atoms with E-state index < -0.39 is 5.60 Å². The summed E-state index contributed by atoms with van der Waals surface area (Å²) in [5.41, 5.74) is 6.91. The predicted molar refractivity (Wildman–Crippen MR) is 119 cm³/mol. The number of carbonyl (C=O) groups is 1. The third kappa shape index (κ3) is 5.79. The zero-order valence-corrected chi connectivity index (χ0v) is 19.0. The Kier molecular flexibility index (Phi) is 7.14. The van der Waals surface area contributed by atoms with E-state index in [-0.39, 0.29) is 11.5 Å². The maximum absolute atomic E-state index is 12.3. The van der Waals surface area contributed by atoms with Crippen LogP contribution in [0.2, 0.25) is 5.02 Å². The minimum absolute atomic E-state index is 0.119. The SMILES string of the molecule is CC(C)(C)OC(=O)N1CCN(C(N)=NCC2(c3cccc(Cl)c3)CCOCC2)CC1. The Balaban J connectivity index is 1.63. The molecule has 0 aliphatic carbocycles. The van der Waals surface area contributed by atoms with Gasteiger partial charge in [-0.15, -0.1) is 0 Å². The van der Waals surface area contributed by atoms with Crippen molar-refractivity contribution in [2.75, 3.05) is 45.9 Å². The summed E-state index contributed by atoms with van der Waals surface area (Å²) in [5.74, 6) is 0.520. The molecule has 0 aromatic heterocycles. The molecule has 3 rings (SSSR count). The summed E-state index contributed by atoms with van der Waals surface area (Å²) in [6.07, 6.45) is 1.49. The van der Waals surface area contributed by atoms with Crippen LogP contribution in [0.15, 0.2) is 29.3 Å². The number of carbonyl (C=O) groups excluding carboxylic acids is 1. The van der Waals surface area contributed by atoms with Crippen molar-refractivity contribution in [1.29, 1.82) is 0 Å². The van der Waals surface area contributed by atoms with Crippen LogP contribution in [-0.2, 0) is 14.9 Å². The maximum atomic E-state index is 12.3. The van der Waals surface area contributed by atoms with Gasteiger partial charge in [-0.25, -0.2) is 4.79 Å². The molecule has 1 aromatic rings. The summed E-state index contributed by atoms with van der Waals surface area (Å²) in [7, 11) is 0. The van der Waals surface area contributed by atoms with Gasteiger partial charge in [0.15, 0.2) is 5.96 Å². The van der Waals surface area contributed by atoms with Crippen LogP contribution >= 0.6 is 11.6 Å². The third-order valence-corrected chi connectivity index (χ3v) is 5.92. The predicted octanol–water partition coefficient (Wildman–Crippen LogP) is 3.26. The molecule has 0 atom stereocenters. The van der Waals surface area contributed by atoms with E-state index in [0.717, 1.165) is 17.9 Å². The normalized spacial score (nSPS) is 20.2. The minimum Gasteiger partial charge on any atom is -0.444 e. The Morgan fingerprint density at radius 2 is 1.83 bits per heavy atom. The molecule has 2 fully saturated rings. The van der Waals surface area contributed by atoms with Gasteiger partial charge in [0.25, 0.3) is 0 Å². The smallest absolute Gasteiger partial charge is 0.410 e. The quantitative estimate of drug-likeness (QED) is 0.581. The zero-order valence-electron chi connectivity index (χ0n) is 18.2. The lowest BCUT2D eigenvalue weighted by Crippen LogP contribution is -2.53. The first-order valence-corrected chi connectivity index (χ1v) is 10.9. The van der Waals surface area contributed by atoms with Crippen LogP contribution in [0.5, 0.6) is 0 Å². The number of guanidine groups is 1. The maximum Gasteiger partial charge on any atom is 0.410 e. The molecule has 1 amide bonds. The highest BCUT2D eigenvalue weighted by Crippen LogP contribution is 2.36. The summed E-state index contributed by atoms with van der Waals surface area (Å²) in [5, 5.41) is 0.730. The van der Waals surface area contributed by atoms with Gasteiger partial charge in [-0.2, -0.15) is 0 Å². The van der Waals surface area contributed by atoms with Gasteiger partial charge in [0.1, 0.15) is 5.60 Å². The molecule has 166 valence electrons. The number of halogens is 1. The molecule has 0 saturated carbocycles. The van der Waals surface area contributed by atoms with E-state index in [9.17, 15) is 4.79 Å². The lowest BCUT2D eigenvalue weighted by atomic mass is 9.74. The van der Waals surface area contributed by atoms with E-state index in [1.165, 1.54) is 5.56 Å². The number of piperazine rings is 1. The number of ether oxygens (including phenoxy) is 2. The summed E-state index contributed by atoms with van der Waals surface area (Å²) in [6.45, 7) is 10.0. The van der Waals surface area contributed by atoms with Crippen molar-refractivity contribution in [2.24, 2.45) is 10.7 Å². The first-order valence-electron chi connectivity index (χ1n) is 10.6. The van der Waals surface area contributed by atoms with Crippen molar-refractivity contribution in [3.8, 4) is 0 Å². The zero-order chi connectivity index (χ0) is 21.8. The summed E-state index contributed by atoms with van der Waals surface area (Å²) < 4.78 is 11.1. The van der Waals surface area contributed by atoms with Crippen LogP contribution in [0.3, 0.4) is 0 Å². The first kappa shape index (κ1) is 22.7. The number of hydrogen-bond acceptors (Lipinski definition) is 4. The molecule has 0 unspecified atom stereocenters. The standard InChI is InChI=1S/C22H33ClN4O3/c1-21(2,3)30-20(28)27-11-9-26(10-12-27)19(24)25-16-22(7-13-29-14-8-22)17-5-4-6-18(23)15-17/h4-6,15H,7-14,16H2,1-3H3,(H2,24,25). The molecular formula is C22H33ClN4O3. The molecule has 2 saturated heterocycles. The van der Waals surface area contributed by atoms with Crippen molar-refractivity contribution in [1.82, 2.24) is 9.80 Å². The average Bonchev–Trinajstić information content (AvgIpc) is 2.71. The largest absolute Gasteiger partial charge is 0.444 e. The van der Waals surface area contributed by atoms with Gasteiger partial charge >= 0.3 is 6.09 Å². The van der Waals surface area contributed by atoms with E-state index in [4.69, 9.17) is 31.8 Å². The molecule has 0 radical (unpaired) electrons. The monoisotopic (exact) mass is 436 g/mol. The molecule has 0 spiro atoms. The minimum atomic E-state index is -0.493. The molecule has 7 nitrogen and oxygen atoms in total. The number of hydrogen-bond donors (Lipinski definition) is 1. The second kappa shape index (κ2) is 9.43. The second-order valence-electron chi connectivity index (χ2n) is 9.03. The van der Waals surface area contributed by atoms with Gasteiger partial charge in [-0.05, 0) is 51.3 Å². The fourth-order valence-corrected chi connectivity index (χ4v) is 4.09. The summed E-state index contributed by atoms with van der Waals surface area (Å²) >= 11 is 6.25. The van der Waals surface area contributed by atoms with Crippen LogP contribution < -0.4 is 5.73 Å². The fourth-order valence-electron chi connectivity index (χ4n) is 3.90. The van der Waals surface area contributed by atoms with Crippen LogP contribution in [0.1, 0.15) is 39.2 Å². The van der Waals surface area contributed by atoms with Crippen molar-refractivity contribution in [3.05, 3.63) is 34.9 Å². The van der Waals surface area contributed by atoms with Crippen molar-refractivity contribution >= 4 is 23.7 Å². The molecule has 2 N–H and O–H groups in total. The number of benzene rings is 1. The average molecular weight is 437 g/mol. The Labute approximate surface area is 184 Å². The van der Waals surface area contributed by atoms with Gasteiger partial charge < -0.3 is 25.0 Å². The lowest BCUT2D eigenvalue weighted by Gasteiger charge is -2.38. The van der Waals surface area contributed by atoms with E-state index in [2.05, 4.69) is 6.07 Å². The third-order valence-electron chi connectivity index (χ3n) is 5.69. The second-order valence-corrected chi connectivity index (χ2v) is 9.47. The molecular weight excluding hydrogens is 404 g/mol. The van der Waals surface area contributed by atoms with Crippen LogP contribution in [0.25, 0.3) is 0 Å². The van der Waals surface area contributed by atoms with Crippen LogP contribution in [-0.4, -0.2) is 73.4 Å². The van der Waals surface area contributed by atoms with E-state index in [1.54, 1.807) is 4.90 Å². The molecule has 2 heterocycles. The number of rotatable bonds is 3. The van der Waals surface area contributed by atoms with Crippen LogP contribution in [0, 0.1) is 0 Å². The van der Waals surface area contributed by atoms with Crippen molar-refractivity contribution < 1.29 is 14.3 Å². The summed E-state index contributed by atoms with van der Waals surface area (Å²) in [4.78, 5) is 20.8. The molecule has 8 heteroatoms. The van der Waals surface area contributed by atoms with Gasteiger partial charge in [-0.1, -0.05) is 23.7 Å². The van der Waals surface area contributed by atoms with Gasteiger partial charge in [0.05, 0.1) is 6.54 Å². The van der Waals surface area contributed by atoms with Gasteiger partial charge in [0.2, 0.25) is 0 Å². The number of nitrogens with zero attached hydrogens (tertiary/aromatic N) is 3. The molecule has 2 aliphatic heterocycles. The lowest BCUT2D eigenvalue weighted by molar-refractivity contribution is 0.0186.